The number of rotatable bonds is 7. The van der Waals surface area contributed by atoms with Gasteiger partial charge in [0, 0.05) is 31.8 Å². The molecule has 2 fully saturated rings. The van der Waals surface area contributed by atoms with E-state index in [0.717, 1.165) is 18.9 Å². The molecule has 9 nitrogen and oxygen atoms in total. The number of hydrogen-bond acceptors (Lipinski definition) is 6. The van der Waals surface area contributed by atoms with E-state index in [1.165, 1.54) is 16.4 Å². The molecule has 3 rings (SSSR count). The van der Waals surface area contributed by atoms with Crippen molar-refractivity contribution < 1.29 is 21.8 Å². The van der Waals surface area contributed by atoms with Crippen LogP contribution in [0.2, 0.25) is 0 Å². The number of sulfonamides is 2. The van der Waals surface area contributed by atoms with Gasteiger partial charge in [0.05, 0.1) is 15.1 Å². The van der Waals surface area contributed by atoms with Crippen LogP contribution in [0.3, 0.4) is 0 Å². The first-order chi connectivity index (χ1) is 12.6. The van der Waals surface area contributed by atoms with Gasteiger partial charge in [0.15, 0.2) is 0 Å². The van der Waals surface area contributed by atoms with E-state index >= 15 is 0 Å². The number of nitrogens with one attached hydrogen (secondary N) is 1. The van der Waals surface area contributed by atoms with E-state index in [-0.39, 0.29) is 28.3 Å². The predicted octanol–water partition coefficient (Wildman–Crippen LogP) is 1.39. The number of aryl methyl sites for hydroxylation is 1. The summed E-state index contributed by atoms with van der Waals surface area (Å²) in [4.78, 5) is 10.2. The lowest BCUT2D eigenvalue weighted by molar-refractivity contribution is -0.385. The largest absolute Gasteiger partial charge is 0.270 e. The lowest BCUT2D eigenvalue weighted by atomic mass is 9.99. The minimum Gasteiger partial charge on any atom is -0.258 e. The first-order valence-electron chi connectivity index (χ1n) is 8.85. The van der Waals surface area contributed by atoms with Crippen molar-refractivity contribution in [1.29, 1.82) is 0 Å². The molecular formula is C16H23N3O6S2. The molecule has 0 amide bonds. The second-order valence-electron chi connectivity index (χ2n) is 7.15. The molecule has 0 unspecified atom stereocenters. The fraction of sp³-hybridized carbons (Fsp3) is 0.625. The van der Waals surface area contributed by atoms with Crippen molar-refractivity contribution in [2.45, 2.75) is 42.8 Å². The van der Waals surface area contributed by atoms with Crippen LogP contribution in [0.15, 0.2) is 23.1 Å². The van der Waals surface area contributed by atoms with Gasteiger partial charge < -0.3 is 0 Å². The van der Waals surface area contributed by atoms with Crippen molar-refractivity contribution in [3.05, 3.63) is 33.9 Å². The van der Waals surface area contributed by atoms with Crippen LogP contribution >= 0.6 is 0 Å². The molecule has 27 heavy (non-hydrogen) atoms. The zero-order valence-electron chi connectivity index (χ0n) is 15.0. The Hall–Kier alpha value is -1.56. The second kappa shape index (κ2) is 7.46. The first kappa shape index (κ1) is 20.2. The topological polar surface area (TPSA) is 127 Å². The molecule has 1 aliphatic heterocycles. The van der Waals surface area contributed by atoms with E-state index in [1.54, 1.807) is 6.92 Å². The van der Waals surface area contributed by atoms with Gasteiger partial charge in [-0.2, -0.15) is 0 Å². The molecule has 1 N–H and O–H groups in total. The zero-order chi connectivity index (χ0) is 19.8. The summed E-state index contributed by atoms with van der Waals surface area (Å²) in [6.07, 6.45) is 2.63. The minimum absolute atomic E-state index is 0.0319. The van der Waals surface area contributed by atoms with E-state index in [9.17, 15) is 26.9 Å². The van der Waals surface area contributed by atoms with Crippen LogP contribution in [0.5, 0.6) is 0 Å². The molecule has 2 aliphatic rings. The molecule has 0 radical (unpaired) electrons. The molecule has 0 aromatic heterocycles. The van der Waals surface area contributed by atoms with E-state index in [4.69, 9.17) is 0 Å². The van der Waals surface area contributed by atoms with Crippen LogP contribution in [-0.4, -0.2) is 50.9 Å². The molecular weight excluding hydrogens is 394 g/mol. The van der Waals surface area contributed by atoms with Crippen molar-refractivity contribution >= 4 is 25.7 Å². The third kappa shape index (κ3) is 4.48. The van der Waals surface area contributed by atoms with E-state index in [2.05, 4.69) is 4.72 Å². The van der Waals surface area contributed by atoms with Gasteiger partial charge in [-0.3, -0.25) is 10.1 Å². The number of benzene rings is 1. The Kier molecular flexibility index (Phi) is 5.57. The number of hydrogen-bond donors (Lipinski definition) is 1. The summed E-state index contributed by atoms with van der Waals surface area (Å²) in [6, 6.07) is 3.74. The van der Waals surface area contributed by atoms with Gasteiger partial charge in [0.1, 0.15) is 0 Å². The van der Waals surface area contributed by atoms with Crippen LogP contribution in [0.4, 0.5) is 5.69 Å². The Morgan fingerprint density at radius 1 is 1.15 bits per heavy atom. The zero-order valence-corrected chi connectivity index (χ0v) is 16.6. The van der Waals surface area contributed by atoms with Crippen molar-refractivity contribution in [3.63, 3.8) is 0 Å². The highest BCUT2D eigenvalue weighted by molar-refractivity contribution is 7.90. The maximum atomic E-state index is 12.6. The summed E-state index contributed by atoms with van der Waals surface area (Å²) >= 11 is 0. The van der Waals surface area contributed by atoms with Crippen LogP contribution in [0.1, 0.15) is 31.2 Å². The van der Waals surface area contributed by atoms with Gasteiger partial charge in [-0.15, -0.1) is 0 Å². The average molecular weight is 418 g/mol. The normalized spacial score (nSPS) is 19.9. The predicted molar refractivity (Wildman–Crippen MR) is 99.3 cm³/mol. The third-order valence-corrected chi connectivity index (χ3v) is 9.08. The summed E-state index contributed by atoms with van der Waals surface area (Å²) in [5.41, 5.74) is 0.151. The summed E-state index contributed by atoms with van der Waals surface area (Å²) in [6.45, 7) is 2.57. The number of nitro groups is 1. The second-order valence-corrected chi connectivity index (χ2v) is 11.1. The summed E-state index contributed by atoms with van der Waals surface area (Å²) < 4.78 is 53.6. The maximum absolute atomic E-state index is 12.6. The average Bonchev–Trinajstić information content (AvgIpc) is 3.46. The molecule has 11 heteroatoms. The molecule has 0 atom stereocenters. The molecule has 1 saturated heterocycles. The molecule has 150 valence electrons. The Labute approximate surface area is 159 Å². The fourth-order valence-corrected chi connectivity index (χ4v) is 6.49. The van der Waals surface area contributed by atoms with Gasteiger partial charge in [-0.05, 0) is 44.1 Å². The highest BCUT2D eigenvalue weighted by Crippen LogP contribution is 2.33. The van der Waals surface area contributed by atoms with Crippen molar-refractivity contribution in [1.82, 2.24) is 9.03 Å². The van der Waals surface area contributed by atoms with Crippen molar-refractivity contribution in [2.75, 3.05) is 19.6 Å². The van der Waals surface area contributed by atoms with Gasteiger partial charge in [-0.1, -0.05) is 6.07 Å². The van der Waals surface area contributed by atoms with Gasteiger partial charge in [0.2, 0.25) is 20.0 Å². The number of nitro benzene ring substituents is 1. The Morgan fingerprint density at radius 3 is 2.33 bits per heavy atom. The van der Waals surface area contributed by atoms with Crippen LogP contribution in [-0.2, 0) is 20.0 Å². The number of non-ortho nitro benzene ring substituents is 1. The monoisotopic (exact) mass is 417 g/mol. The van der Waals surface area contributed by atoms with Crippen LogP contribution in [0.25, 0.3) is 0 Å². The molecule has 1 aromatic carbocycles. The number of piperidine rings is 1. The Bertz CT molecular complexity index is 933. The summed E-state index contributed by atoms with van der Waals surface area (Å²) in [5, 5.41) is 10.7. The van der Waals surface area contributed by atoms with E-state index in [1.807, 2.05) is 0 Å². The molecule has 0 bridgehead atoms. The van der Waals surface area contributed by atoms with Crippen LogP contribution in [0, 0.1) is 23.0 Å². The Morgan fingerprint density at radius 2 is 1.78 bits per heavy atom. The lowest BCUT2D eigenvalue weighted by Gasteiger charge is -2.31. The fourth-order valence-electron chi connectivity index (χ4n) is 3.24. The molecule has 0 spiro atoms. The van der Waals surface area contributed by atoms with Gasteiger partial charge in [0.25, 0.3) is 5.69 Å². The summed E-state index contributed by atoms with van der Waals surface area (Å²) in [5.74, 6) is 0.0319. The van der Waals surface area contributed by atoms with Crippen molar-refractivity contribution in [2.24, 2.45) is 5.92 Å². The number of nitrogens with zero attached hydrogens (tertiary/aromatic N) is 2. The first-order valence-corrected chi connectivity index (χ1v) is 11.8. The summed E-state index contributed by atoms with van der Waals surface area (Å²) in [7, 11) is -7.06. The SMILES string of the molecule is Cc1ccc([N+](=O)[O-])cc1S(=O)(=O)NCC1CCN(S(=O)(=O)C2CC2)CC1. The van der Waals surface area contributed by atoms with Crippen molar-refractivity contribution in [3.8, 4) is 0 Å². The van der Waals surface area contributed by atoms with Gasteiger partial charge in [-0.25, -0.2) is 25.9 Å². The van der Waals surface area contributed by atoms with Gasteiger partial charge >= 0.3 is 0 Å². The molecule has 1 aliphatic carbocycles. The highest BCUT2D eigenvalue weighted by atomic mass is 32.2. The van der Waals surface area contributed by atoms with E-state index in [0.29, 0.717) is 31.5 Å². The Balaban J connectivity index is 1.60. The molecule has 1 aromatic rings. The van der Waals surface area contributed by atoms with E-state index < -0.39 is 25.0 Å². The third-order valence-electron chi connectivity index (χ3n) is 5.11. The lowest BCUT2D eigenvalue weighted by Crippen LogP contribution is -2.42. The van der Waals surface area contributed by atoms with Crippen LogP contribution < -0.4 is 4.72 Å². The highest BCUT2D eigenvalue weighted by Gasteiger charge is 2.41. The standard InChI is InChI=1S/C16H23N3O6S2/c1-12-2-3-14(19(20)21)10-16(12)26(22,23)17-11-13-6-8-18(9-7-13)27(24,25)15-4-5-15/h2-3,10,13,15,17H,4-9,11H2,1H3. The minimum atomic E-state index is -3.88. The quantitative estimate of drug-likeness (QED) is 0.527. The smallest absolute Gasteiger partial charge is 0.258 e. The molecule has 1 saturated carbocycles. The maximum Gasteiger partial charge on any atom is 0.270 e. The molecule has 1 heterocycles.